The Balaban J connectivity index is 1.75. The molecule has 0 fully saturated rings. The van der Waals surface area contributed by atoms with E-state index >= 15 is 0 Å². The number of fused-ring (bicyclic) bond motifs is 1. The van der Waals surface area contributed by atoms with Gasteiger partial charge in [0.15, 0.2) is 0 Å². The molecule has 0 aliphatic carbocycles. The highest BCUT2D eigenvalue weighted by Gasteiger charge is 2.21. The minimum absolute atomic E-state index is 0.105. The Kier molecular flexibility index (Phi) is 4.55. The molecular formula is C21H16N4O3. The van der Waals surface area contributed by atoms with Crippen LogP contribution >= 0.6 is 0 Å². The molecule has 2 aromatic carbocycles. The summed E-state index contributed by atoms with van der Waals surface area (Å²) in [6, 6.07) is 19.0. The molecule has 0 aliphatic rings. The smallest absolute Gasteiger partial charge is 0.275 e. The van der Waals surface area contributed by atoms with E-state index in [4.69, 9.17) is 4.42 Å². The van der Waals surface area contributed by atoms with Gasteiger partial charge in [0.05, 0.1) is 17.6 Å². The molecule has 0 atom stereocenters. The number of aromatic nitrogens is 2. The van der Waals surface area contributed by atoms with Gasteiger partial charge in [-0.3, -0.25) is 9.59 Å². The van der Waals surface area contributed by atoms with Crippen LogP contribution in [0.3, 0.4) is 0 Å². The maximum Gasteiger partial charge on any atom is 0.275 e. The van der Waals surface area contributed by atoms with Gasteiger partial charge in [0.1, 0.15) is 11.1 Å². The minimum atomic E-state index is -0.542. The van der Waals surface area contributed by atoms with Crippen molar-refractivity contribution in [2.45, 2.75) is 6.92 Å². The highest BCUT2D eigenvalue weighted by molar-refractivity contribution is 6.14. The summed E-state index contributed by atoms with van der Waals surface area (Å²) >= 11 is 0. The van der Waals surface area contributed by atoms with E-state index in [0.29, 0.717) is 11.5 Å². The van der Waals surface area contributed by atoms with Gasteiger partial charge in [-0.05, 0) is 6.92 Å². The largest absolute Gasteiger partial charge is 0.442 e. The number of furan rings is 1. The summed E-state index contributed by atoms with van der Waals surface area (Å²) in [6.45, 7) is 1.61. The molecule has 0 saturated heterocycles. The third-order valence-corrected chi connectivity index (χ3v) is 4.26. The fourth-order valence-electron chi connectivity index (χ4n) is 2.98. The summed E-state index contributed by atoms with van der Waals surface area (Å²) in [5, 5.41) is 4.45. The second kappa shape index (κ2) is 7.32. The Morgan fingerprint density at radius 1 is 1.04 bits per heavy atom. The SMILES string of the molecule is Cc1oc2nc[nH]c(=O)c2c1C(=O)NN=C(c1ccccc1)c1ccccc1. The lowest BCUT2D eigenvalue weighted by molar-refractivity contribution is 0.0954. The molecule has 2 N–H and O–H groups in total. The summed E-state index contributed by atoms with van der Waals surface area (Å²) in [6.07, 6.45) is 1.23. The second-order valence-electron chi connectivity index (χ2n) is 6.08. The van der Waals surface area contributed by atoms with E-state index in [-0.39, 0.29) is 16.7 Å². The van der Waals surface area contributed by atoms with Crippen LogP contribution in [0.4, 0.5) is 0 Å². The number of rotatable bonds is 4. The number of carbonyl (C=O) groups is 1. The second-order valence-corrected chi connectivity index (χ2v) is 6.08. The van der Waals surface area contributed by atoms with E-state index in [1.807, 2.05) is 60.7 Å². The number of benzene rings is 2. The number of H-pyrrole nitrogens is 1. The van der Waals surface area contributed by atoms with Gasteiger partial charge >= 0.3 is 0 Å². The van der Waals surface area contributed by atoms with E-state index in [1.54, 1.807) is 6.92 Å². The van der Waals surface area contributed by atoms with Gasteiger partial charge in [0, 0.05) is 11.1 Å². The average molecular weight is 372 g/mol. The molecule has 7 heteroatoms. The zero-order chi connectivity index (χ0) is 19.5. The summed E-state index contributed by atoms with van der Waals surface area (Å²) in [5.74, 6) is -0.244. The van der Waals surface area contributed by atoms with Crippen LogP contribution in [0.25, 0.3) is 11.1 Å². The Morgan fingerprint density at radius 2 is 1.64 bits per heavy atom. The van der Waals surface area contributed by atoms with Gasteiger partial charge < -0.3 is 9.40 Å². The molecule has 4 rings (SSSR count). The Bertz CT molecular complexity index is 1180. The number of aromatic amines is 1. The number of hydrogen-bond donors (Lipinski definition) is 2. The van der Waals surface area contributed by atoms with Crippen LogP contribution in [0.2, 0.25) is 0 Å². The molecule has 0 spiro atoms. The fraction of sp³-hybridized carbons (Fsp3) is 0.0476. The molecule has 2 heterocycles. The van der Waals surface area contributed by atoms with Gasteiger partial charge in [-0.2, -0.15) is 5.10 Å². The standard InChI is InChI=1S/C21H16N4O3/c1-13-16(17-19(26)22-12-23-21(17)28-13)20(27)25-24-18(14-8-4-2-5-9-14)15-10-6-3-7-11-15/h2-12H,1H3,(H,25,27)(H,22,23,26). The molecule has 4 aromatic rings. The van der Waals surface area contributed by atoms with Crippen molar-refractivity contribution < 1.29 is 9.21 Å². The van der Waals surface area contributed by atoms with Gasteiger partial charge in [0.25, 0.3) is 11.5 Å². The molecule has 0 unspecified atom stereocenters. The first-order chi connectivity index (χ1) is 13.6. The van der Waals surface area contributed by atoms with Crippen molar-refractivity contribution >= 4 is 22.7 Å². The lowest BCUT2D eigenvalue weighted by Gasteiger charge is -2.08. The average Bonchev–Trinajstić information content (AvgIpc) is 3.07. The molecule has 2 aromatic heterocycles. The van der Waals surface area contributed by atoms with Crippen LogP contribution in [0.15, 0.2) is 81.3 Å². The van der Waals surface area contributed by atoms with E-state index in [9.17, 15) is 9.59 Å². The van der Waals surface area contributed by atoms with E-state index in [2.05, 4.69) is 20.5 Å². The highest BCUT2D eigenvalue weighted by Crippen LogP contribution is 2.20. The Hall–Kier alpha value is -4.00. The van der Waals surface area contributed by atoms with Crippen LogP contribution in [-0.4, -0.2) is 21.6 Å². The van der Waals surface area contributed by atoms with Gasteiger partial charge in [-0.1, -0.05) is 60.7 Å². The number of carbonyl (C=O) groups excluding carboxylic acids is 1. The van der Waals surface area contributed by atoms with E-state index in [1.165, 1.54) is 6.33 Å². The predicted molar refractivity (Wildman–Crippen MR) is 105 cm³/mol. The first kappa shape index (κ1) is 17.4. The summed E-state index contributed by atoms with van der Waals surface area (Å²) in [7, 11) is 0. The number of amides is 1. The first-order valence-corrected chi connectivity index (χ1v) is 8.61. The normalized spacial score (nSPS) is 10.6. The zero-order valence-electron chi connectivity index (χ0n) is 15.0. The highest BCUT2D eigenvalue weighted by atomic mass is 16.3. The molecule has 138 valence electrons. The fourth-order valence-corrected chi connectivity index (χ4v) is 2.98. The molecule has 28 heavy (non-hydrogen) atoms. The van der Waals surface area contributed by atoms with Crippen LogP contribution in [0.5, 0.6) is 0 Å². The number of nitrogens with one attached hydrogen (secondary N) is 2. The lowest BCUT2D eigenvalue weighted by Crippen LogP contribution is -2.22. The van der Waals surface area contributed by atoms with Crippen molar-refractivity contribution in [3.05, 3.63) is 99.8 Å². The van der Waals surface area contributed by atoms with Crippen LogP contribution in [0.1, 0.15) is 27.2 Å². The van der Waals surface area contributed by atoms with Crippen LogP contribution in [0, 0.1) is 6.92 Å². The Labute approximate surface area is 159 Å². The molecular weight excluding hydrogens is 356 g/mol. The summed E-state index contributed by atoms with van der Waals surface area (Å²) in [4.78, 5) is 31.3. The summed E-state index contributed by atoms with van der Waals surface area (Å²) in [5.41, 5.74) is 4.64. The quantitative estimate of drug-likeness (QED) is 0.425. The van der Waals surface area contributed by atoms with Gasteiger partial charge in [-0.25, -0.2) is 10.4 Å². The third kappa shape index (κ3) is 3.21. The van der Waals surface area contributed by atoms with Crippen molar-refractivity contribution in [1.82, 2.24) is 15.4 Å². The molecule has 0 aliphatic heterocycles. The Morgan fingerprint density at radius 3 is 2.25 bits per heavy atom. The van der Waals surface area contributed by atoms with Crippen molar-refractivity contribution in [3.63, 3.8) is 0 Å². The minimum Gasteiger partial charge on any atom is -0.442 e. The third-order valence-electron chi connectivity index (χ3n) is 4.26. The lowest BCUT2D eigenvalue weighted by atomic mass is 10.0. The number of hydrogen-bond acceptors (Lipinski definition) is 5. The van der Waals surface area contributed by atoms with Crippen molar-refractivity contribution in [2.24, 2.45) is 5.10 Å². The van der Waals surface area contributed by atoms with Crippen molar-refractivity contribution in [1.29, 1.82) is 0 Å². The van der Waals surface area contributed by atoms with E-state index in [0.717, 1.165) is 11.1 Å². The topological polar surface area (TPSA) is 100 Å². The molecule has 0 bridgehead atoms. The van der Waals surface area contributed by atoms with Gasteiger partial charge in [0.2, 0.25) is 5.71 Å². The number of nitrogens with zero attached hydrogens (tertiary/aromatic N) is 2. The first-order valence-electron chi connectivity index (χ1n) is 8.61. The predicted octanol–water partition coefficient (Wildman–Crippen LogP) is 3.01. The molecule has 0 radical (unpaired) electrons. The van der Waals surface area contributed by atoms with Crippen LogP contribution in [-0.2, 0) is 0 Å². The van der Waals surface area contributed by atoms with Gasteiger partial charge in [-0.15, -0.1) is 0 Å². The molecule has 7 nitrogen and oxygen atoms in total. The zero-order valence-corrected chi connectivity index (χ0v) is 15.0. The number of aryl methyl sites for hydroxylation is 1. The van der Waals surface area contributed by atoms with Crippen molar-refractivity contribution in [3.8, 4) is 0 Å². The van der Waals surface area contributed by atoms with E-state index < -0.39 is 11.5 Å². The monoisotopic (exact) mass is 372 g/mol. The molecule has 1 amide bonds. The maximum atomic E-state index is 12.8. The van der Waals surface area contributed by atoms with Crippen molar-refractivity contribution in [2.75, 3.05) is 0 Å². The maximum absolute atomic E-state index is 12.8. The number of hydrazone groups is 1. The molecule has 0 saturated carbocycles. The van der Waals surface area contributed by atoms with Crippen LogP contribution < -0.4 is 11.0 Å². The summed E-state index contributed by atoms with van der Waals surface area (Å²) < 4.78 is 5.44.